The maximum Gasteiger partial charge on any atom is 0.204 e. The monoisotopic (exact) mass is 733 g/mol. The number of piperidine rings is 1. The SMILES string of the molecule is COC(CNC(=NCc1ccc(F)cc1)NCCN1CCC(Nc2nc3ccccc3n2Cc2ccc(F)cc2)CC1)OC.I. The Balaban J connectivity index is 0.00000461. The molecule has 242 valence electrons. The van der Waals surface area contributed by atoms with Crippen molar-refractivity contribution in [2.24, 2.45) is 4.99 Å². The molecule has 4 aromatic rings. The van der Waals surface area contributed by atoms with Crippen molar-refractivity contribution < 1.29 is 18.3 Å². The number of aromatic nitrogens is 2. The van der Waals surface area contributed by atoms with Gasteiger partial charge in [-0.15, -0.1) is 24.0 Å². The van der Waals surface area contributed by atoms with Gasteiger partial charge in [-0.05, 0) is 60.4 Å². The van der Waals surface area contributed by atoms with Crippen LogP contribution < -0.4 is 16.0 Å². The number of rotatable bonds is 13. The zero-order chi connectivity index (χ0) is 30.7. The first-order valence-corrected chi connectivity index (χ1v) is 15.0. The lowest BCUT2D eigenvalue weighted by Crippen LogP contribution is -2.46. The van der Waals surface area contributed by atoms with Crippen molar-refractivity contribution in [3.05, 3.63) is 95.6 Å². The first-order chi connectivity index (χ1) is 21.5. The van der Waals surface area contributed by atoms with Crippen molar-refractivity contribution in [3.8, 4) is 0 Å². The number of likely N-dealkylation sites (tertiary alicyclic amines) is 1. The average Bonchev–Trinajstić information content (AvgIpc) is 3.39. The lowest BCUT2D eigenvalue weighted by molar-refractivity contribution is -0.0966. The summed E-state index contributed by atoms with van der Waals surface area (Å²) >= 11 is 0. The van der Waals surface area contributed by atoms with Crippen LogP contribution in [0.3, 0.4) is 0 Å². The van der Waals surface area contributed by atoms with Crippen LogP contribution in [-0.4, -0.2) is 79.7 Å². The maximum atomic E-state index is 13.5. The highest BCUT2D eigenvalue weighted by Crippen LogP contribution is 2.24. The Labute approximate surface area is 280 Å². The Bertz CT molecular complexity index is 1490. The number of anilines is 1. The first kappa shape index (κ1) is 34.5. The zero-order valence-corrected chi connectivity index (χ0v) is 28.0. The molecule has 0 spiro atoms. The summed E-state index contributed by atoms with van der Waals surface area (Å²) in [5.41, 5.74) is 3.93. The zero-order valence-electron chi connectivity index (χ0n) is 25.7. The number of nitrogens with one attached hydrogen (secondary N) is 3. The van der Waals surface area contributed by atoms with Gasteiger partial charge in [-0.3, -0.25) is 0 Å². The van der Waals surface area contributed by atoms with Gasteiger partial charge in [0.2, 0.25) is 5.95 Å². The van der Waals surface area contributed by atoms with Crippen molar-refractivity contribution in [1.82, 2.24) is 25.1 Å². The topological polar surface area (TPSA) is 88.0 Å². The van der Waals surface area contributed by atoms with E-state index >= 15 is 0 Å². The molecule has 0 unspecified atom stereocenters. The number of methoxy groups -OCH3 is 2. The van der Waals surface area contributed by atoms with Crippen molar-refractivity contribution in [2.75, 3.05) is 52.3 Å². The molecule has 12 heteroatoms. The minimum Gasteiger partial charge on any atom is -0.355 e. The van der Waals surface area contributed by atoms with E-state index in [-0.39, 0.29) is 35.6 Å². The van der Waals surface area contributed by atoms with E-state index in [4.69, 9.17) is 14.5 Å². The van der Waals surface area contributed by atoms with Gasteiger partial charge in [0, 0.05) is 46.4 Å². The molecule has 3 N–H and O–H groups in total. The lowest BCUT2D eigenvalue weighted by Gasteiger charge is -2.32. The molecule has 0 saturated carbocycles. The molecule has 1 saturated heterocycles. The highest BCUT2D eigenvalue weighted by molar-refractivity contribution is 14.0. The Morgan fingerprint density at radius 1 is 0.911 bits per heavy atom. The van der Waals surface area contributed by atoms with Crippen LogP contribution >= 0.6 is 24.0 Å². The fraction of sp³-hybridized carbons (Fsp3) is 0.394. The van der Waals surface area contributed by atoms with E-state index in [0.29, 0.717) is 38.2 Å². The molecule has 1 aliphatic rings. The van der Waals surface area contributed by atoms with Crippen molar-refractivity contribution in [1.29, 1.82) is 0 Å². The molecule has 0 radical (unpaired) electrons. The van der Waals surface area contributed by atoms with Crippen LogP contribution in [0.25, 0.3) is 11.0 Å². The molecule has 1 fully saturated rings. The largest absolute Gasteiger partial charge is 0.355 e. The second kappa shape index (κ2) is 17.4. The summed E-state index contributed by atoms with van der Waals surface area (Å²) in [5.74, 6) is 0.985. The van der Waals surface area contributed by atoms with Crippen LogP contribution in [0.5, 0.6) is 0 Å². The minimum atomic E-state index is -0.400. The van der Waals surface area contributed by atoms with Crippen LogP contribution in [-0.2, 0) is 22.6 Å². The van der Waals surface area contributed by atoms with E-state index in [1.54, 1.807) is 26.4 Å². The summed E-state index contributed by atoms with van der Waals surface area (Å²) in [4.78, 5) is 12.0. The average molecular weight is 734 g/mol. The Hall–Kier alpha value is -3.33. The van der Waals surface area contributed by atoms with Crippen LogP contribution in [0, 0.1) is 11.6 Å². The normalized spacial score (nSPS) is 14.5. The van der Waals surface area contributed by atoms with Gasteiger partial charge in [0.25, 0.3) is 0 Å². The van der Waals surface area contributed by atoms with Crippen LogP contribution in [0.4, 0.5) is 14.7 Å². The fourth-order valence-corrected chi connectivity index (χ4v) is 5.31. The van der Waals surface area contributed by atoms with E-state index in [1.165, 1.54) is 24.3 Å². The van der Waals surface area contributed by atoms with Crippen LogP contribution in [0.15, 0.2) is 77.8 Å². The van der Waals surface area contributed by atoms with Gasteiger partial charge < -0.3 is 34.9 Å². The van der Waals surface area contributed by atoms with E-state index in [2.05, 4.69) is 36.5 Å². The number of nitrogens with zero attached hydrogens (tertiary/aromatic N) is 4. The number of para-hydroxylation sites is 2. The molecule has 0 amide bonds. The third-order valence-electron chi connectivity index (χ3n) is 7.84. The summed E-state index contributed by atoms with van der Waals surface area (Å²) in [6, 6.07) is 21.4. The molecule has 0 bridgehead atoms. The van der Waals surface area contributed by atoms with Gasteiger partial charge in [-0.2, -0.15) is 0 Å². The number of halogens is 3. The summed E-state index contributed by atoms with van der Waals surface area (Å²) < 4.78 is 39.5. The predicted molar refractivity (Wildman–Crippen MR) is 185 cm³/mol. The number of fused-ring (bicyclic) bond motifs is 1. The summed E-state index contributed by atoms with van der Waals surface area (Å²) in [7, 11) is 3.19. The summed E-state index contributed by atoms with van der Waals surface area (Å²) in [6.07, 6.45) is 1.59. The molecule has 2 heterocycles. The fourth-order valence-electron chi connectivity index (χ4n) is 5.31. The molecule has 1 aliphatic heterocycles. The second-order valence-electron chi connectivity index (χ2n) is 10.9. The molecule has 9 nitrogen and oxygen atoms in total. The first-order valence-electron chi connectivity index (χ1n) is 15.0. The predicted octanol–water partition coefficient (Wildman–Crippen LogP) is 5.21. The number of guanidine groups is 1. The van der Waals surface area contributed by atoms with Gasteiger partial charge in [0.05, 0.1) is 30.7 Å². The van der Waals surface area contributed by atoms with Gasteiger partial charge in [0.15, 0.2) is 12.2 Å². The van der Waals surface area contributed by atoms with E-state index in [0.717, 1.165) is 60.6 Å². The van der Waals surface area contributed by atoms with Crippen molar-refractivity contribution in [3.63, 3.8) is 0 Å². The quantitative estimate of drug-likeness (QED) is 0.0754. The van der Waals surface area contributed by atoms with Crippen LogP contribution in [0.1, 0.15) is 24.0 Å². The molecule has 0 aliphatic carbocycles. The van der Waals surface area contributed by atoms with Crippen molar-refractivity contribution in [2.45, 2.75) is 38.3 Å². The lowest BCUT2D eigenvalue weighted by atomic mass is 10.1. The highest BCUT2D eigenvalue weighted by Gasteiger charge is 2.21. The van der Waals surface area contributed by atoms with Gasteiger partial charge in [-0.25, -0.2) is 18.8 Å². The molecule has 45 heavy (non-hydrogen) atoms. The van der Waals surface area contributed by atoms with Crippen molar-refractivity contribution >= 4 is 46.9 Å². The molecule has 0 atom stereocenters. The number of hydrogen-bond acceptors (Lipinski definition) is 6. The third-order valence-corrected chi connectivity index (χ3v) is 7.84. The maximum absolute atomic E-state index is 13.5. The smallest absolute Gasteiger partial charge is 0.204 e. The standard InChI is InChI=1S/C33H41F2N7O2.HI/c1-43-31(44-2)22-38-32(37-21-24-7-11-26(34)12-8-24)36-17-20-41-18-15-28(16-19-41)39-33-40-29-5-3-4-6-30(29)42(33)23-25-9-13-27(35)14-10-25;/h3-14,28,31H,15-23H2,1-2H3,(H,39,40)(H2,36,37,38);1H. The third kappa shape index (κ3) is 10.1. The number of aliphatic imine (C=N–C) groups is 1. The van der Waals surface area contributed by atoms with E-state index in [9.17, 15) is 8.78 Å². The molecular weight excluding hydrogens is 691 g/mol. The number of imidazole rings is 1. The number of hydrogen-bond donors (Lipinski definition) is 3. The van der Waals surface area contributed by atoms with Crippen LogP contribution in [0.2, 0.25) is 0 Å². The van der Waals surface area contributed by atoms with Gasteiger partial charge in [-0.1, -0.05) is 36.4 Å². The molecule has 5 rings (SSSR count). The molecule has 1 aromatic heterocycles. The summed E-state index contributed by atoms with van der Waals surface area (Å²) in [6.45, 7) is 4.97. The van der Waals surface area contributed by atoms with E-state index in [1.807, 2.05) is 30.3 Å². The molecule has 3 aromatic carbocycles. The Morgan fingerprint density at radius 3 is 2.22 bits per heavy atom. The second-order valence-corrected chi connectivity index (χ2v) is 10.9. The Morgan fingerprint density at radius 2 is 1.56 bits per heavy atom. The highest BCUT2D eigenvalue weighted by atomic mass is 127. The van der Waals surface area contributed by atoms with Gasteiger partial charge >= 0.3 is 0 Å². The van der Waals surface area contributed by atoms with E-state index < -0.39 is 6.29 Å². The number of benzene rings is 3. The molecular formula is C33H42F2IN7O2. The van der Waals surface area contributed by atoms with Gasteiger partial charge in [0.1, 0.15) is 11.6 Å². The Kier molecular flexibility index (Phi) is 13.3. The number of ether oxygens (including phenoxy) is 2. The minimum absolute atomic E-state index is 0. The summed E-state index contributed by atoms with van der Waals surface area (Å²) in [5, 5.41) is 10.4.